The summed E-state index contributed by atoms with van der Waals surface area (Å²) in [7, 11) is -3.30. The molecule has 0 aliphatic heterocycles. The van der Waals surface area contributed by atoms with Crippen LogP contribution in [0.25, 0.3) is 21.1 Å². The van der Waals surface area contributed by atoms with Crippen LogP contribution in [-0.2, 0) is 9.84 Å². The van der Waals surface area contributed by atoms with Crippen molar-refractivity contribution >= 4 is 53.3 Å². The van der Waals surface area contributed by atoms with E-state index in [1.807, 2.05) is 32.0 Å². The lowest BCUT2D eigenvalue weighted by Gasteiger charge is -2.08. The van der Waals surface area contributed by atoms with Crippen molar-refractivity contribution in [2.75, 3.05) is 11.6 Å². The number of carbonyl (C=O) groups excluding carboxylic acids is 1. The van der Waals surface area contributed by atoms with Crippen molar-refractivity contribution in [2.24, 2.45) is 0 Å². The van der Waals surface area contributed by atoms with E-state index in [9.17, 15) is 13.2 Å². The van der Waals surface area contributed by atoms with Crippen molar-refractivity contribution in [1.29, 1.82) is 0 Å². The molecule has 0 fully saturated rings. The number of aromatic nitrogens is 2. The number of thiazole rings is 1. The molecule has 0 spiro atoms. The van der Waals surface area contributed by atoms with E-state index in [0.717, 1.165) is 28.4 Å². The van der Waals surface area contributed by atoms with E-state index in [-0.39, 0.29) is 10.8 Å². The maximum atomic E-state index is 12.9. The molecule has 0 aliphatic carbocycles. The largest absolute Gasteiger partial charge is 0.298 e. The third-order valence-electron chi connectivity index (χ3n) is 4.35. The molecule has 0 saturated heterocycles. The van der Waals surface area contributed by atoms with Gasteiger partial charge in [-0.05, 0) is 50.2 Å². The van der Waals surface area contributed by atoms with Crippen LogP contribution in [-0.4, -0.2) is 30.5 Å². The number of carbonyl (C=O) groups is 1. The van der Waals surface area contributed by atoms with Crippen LogP contribution in [0, 0.1) is 13.8 Å². The number of pyridine rings is 1. The lowest BCUT2D eigenvalue weighted by molar-refractivity contribution is 0.102. The first-order chi connectivity index (χ1) is 13.2. The average molecular weight is 412 g/mol. The van der Waals surface area contributed by atoms with Crippen LogP contribution < -0.4 is 5.32 Å². The first-order valence-corrected chi connectivity index (χ1v) is 11.2. The molecule has 2 aromatic heterocycles. The van der Waals surface area contributed by atoms with E-state index in [2.05, 4.69) is 15.3 Å². The van der Waals surface area contributed by atoms with Crippen molar-refractivity contribution in [3.63, 3.8) is 0 Å². The van der Waals surface area contributed by atoms with Gasteiger partial charge in [0.2, 0.25) is 0 Å². The molecule has 0 atom stereocenters. The van der Waals surface area contributed by atoms with Gasteiger partial charge in [-0.1, -0.05) is 23.0 Å². The Morgan fingerprint density at radius 1 is 1.00 bits per heavy atom. The van der Waals surface area contributed by atoms with Gasteiger partial charge in [-0.25, -0.2) is 13.4 Å². The summed E-state index contributed by atoms with van der Waals surface area (Å²) in [5.41, 5.74) is 3.73. The number of hydrogen-bond donors (Lipinski definition) is 1. The molecule has 142 valence electrons. The number of benzene rings is 2. The SMILES string of the molecule is Cc1ccc2nc(C)cc(C(=O)Nc3nc4ccc(S(C)(=O)=O)cc4s3)c2c1. The number of rotatable bonds is 3. The maximum Gasteiger partial charge on any atom is 0.258 e. The number of amides is 1. The van der Waals surface area contributed by atoms with Gasteiger partial charge in [0.05, 0.1) is 26.2 Å². The Labute approximate surface area is 166 Å². The molecule has 6 nitrogen and oxygen atoms in total. The summed E-state index contributed by atoms with van der Waals surface area (Å²) in [6.45, 7) is 3.81. The number of nitrogens with zero attached hydrogens (tertiary/aromatic N) is 2. The van der Waals surface area contributed by atoms with Crippen LogP contribution in [0.2, 0.25) is 0 Å². The van der Waals surface area contributed by atoms with E-state index in [1.165, 1.54) is 17.4 Å². The number of hydrogen-bond acceptors (Lipinski definition) is 6. The Hall–Kier alpha value is -2.84. The smallest absolute Gasteiger partial charge is 0.258 e. The quantitative estimate of drug-likeness (QED) is 0.548. The molecule has 0 radical (unpaired) electrons. The zero-order chi connectivity index (χ0) is 20.1. The monoisotopic (exact) mass is 411 g/mol. The van der Waals surface area contributed by atoms with Crippen molar-refractivity contribution in [2.45, 2.75) is 18.7 Å². The predicted molar refractivity (Wildman–Crippen MR) is 112 cm³/mol. The van der Waals surface area contributed by atoms with Crippen LogP contribution >= 0.6 is 11.3 Å². The normalized spacial score (nSPS) is 11.8. The van der Waals surface area contributed by atoms with Gasteiger partial charge in [-0.15, -0.1) is 0 Å². The van der Waals surface area contributed by atoms with Gasteiger partial charge in [-0.2, -0.15) is 0 Å². The minimum Gasteiger partial charge on any atom is -0.298 e. The third kappa shape index (κ3) is 3.48. The van der Waals surface area contributed by atoms with Crippen molar-refractivity contribution in [3.8, 4) is 0 Å². The second kappa shape index (κ2) is 6.65. The summed E-state index contributed by atoms with van der Waals surface area (Å²) in [4.78, 5) is 22.0. The standard InChI is InChI=1S/C20H17N3O3S2/c1-11-4-6-16-14(8-11)15(9-12(2)21-16)19(24)23-20-22-17-7-5-13(28(3,25)26)10-18(17)27-20/h4-10H,1-3H3,(H,22,23,24). The second-order valence-electron chi connectivity index (χ2n) is 6.71. The fourth-order valence-corrected chi connectivity index (χ4v) is 4.64. The fraction of sp³-hybridized carbons (Fsp3) is 0.150. The molecule has 1 amide bonds. The molecule has 0 bridgehead atoms. The molecular formula is C20H17N3O3S2. The summed E-state index contributed by atoms with van der Waals surface area (Å²) in [5, 5.41) is 4.03. The molecule has 8 heteroatoms. The Balaban J connectivity index is 1.73. The van der Waals surface area contributed by atoms with Gasteiger partial charge in [0.1, 0.15) is 0 Å². The summed E-state index contributed by atoms with van der Waals surface area (Å²) in [5.74, 6) is -0.275. The molecular weight excluding hydrogens is 394 g/mol. The Kier molecular flexibility index (Phi) is 4.40. The molecule has 4 rings (SSSR count). The van der Waals surface area contributed by atoms with Crippen LogP contribution in [0.1, 0.15) is 21.6 Å². The highest BCUT2D eigenvalue weighted by molar-refractivity contribution is 7.90. The van der Waals surface area contributed by atoms with Gasteiger partial charge in [0.25, 0.3) is 5.91 Å². The van der Waals surface area contributed by atoms with Crippen molar-refractivity contribution in [3.05, 3.63) is 59.3 Å². The number of nitrogens with one attached hydrogen (secondary N) is 1. The molecule has 0 saturated carbocycles. The molecule has 28 heavy (non-hydrogen) atoms. The fourth-order valence-electron chi connectivity index (χ4n) is 3.01. The Morgan fingerprint density at radius 2 is 1.75 bits per heavy atom. The van der Waals surface area contributed by atoms with E-state index in [1.54, 1.807) is 18.2 Å². The molecule has 4 aromatic rings. The highest BCUT2D eigenvalue weighted by Crippen LogP contribution is 2.29. The Bertz CT molecular complexity index is 1360. The third-order valence-corrected chi connectivity index (χ3v) is 6.39. The van der Waals surface area contributed by atoms with Gasteiger partial charge < -0.3 is 0 Å². The predicted octanol–water partition coefficient (Wildman–Crippen LogP) is 4.12. The van der Waals surface area contributed by atoms with Crippen LogP contribution in [0.5, 0.6) is 0 Å². The van der Waals surface area contributed by atoms with Crippen LogP contribution in [0.3, 0.4) is 0 Å². The number of aryl methyl sites for hydroxylation is 2. The average Bonchev–Trinajstić information content (AvgIpc) is 3.02. The topological polar surface area (TPSA) is 89.0 Å². The molecule has 0 unspecified atom stereocenters. The van der Waals surface area contributed by atoms with Gasteiger partial charge in [0, 0.05) is 17.3 Å². The minimum absolute atomic E-state index is 0.229. The summed E-state index contributed by atoms with van der Waals surface area (Å²) >= 11 is 1.24. The zero-order valence-corrected chi connectivity index (χ0v) is 17.1. The van der Waals surface area contributed by atoms with Gasteiger partial charge >= 0.3 is 0 Å². The van der Waals surface area contributed by atoms with Crippen LogP contribution in [0.15, 0.2) is 47.4 Å². The molecule has 0 aliphatic rings. The number of sulfone groups is 1. The minimum atomic E-state index is -3.30. The van der Waals surface area contributed by atoms with Crippen molar-refractivity contribution in [1.82, 2.24) is 9.97 Å². The van der Waals surface area contributed by atoms with E-state index in [0.29, 0.717) is 20.9 Å². The van der Waals surface area contributed by atoms with E-state index in [4.69, 9.17) is 0 Å². The number of anilines is 1. The summed E-state index contributed by atoms with van der Waals surface area (Å²) < 4.78 is 24.2. The first kappa shape index (κ1) is 18.5. The maximum absolute atomic E-state index is 12.9. The highest BCUT2D eigenvalue weighted by Gasteiger charge is 2.16. The van der Waals surface area contributed by atoms with E-state index >= 15 is 0 Å². The first-order valence-electron chi connectivity index (χ1n) is 8.51. The van der Waals surface area contributed by atoms with Crippen LogP contribution in [0.4, 0.5) is 5.13 Å². The van der Waals surface area contributed by atoms with Crippen molar-refractivity contribution < 1.29 is 13.2 Å². The number of fused-ring (bicyclic) bond motifs is 2. The lowest BCUT2D eigenvalue weighted by atomic mass is 10.0. The van der Waals surface area contributed by atoms with Gasteiger partial charge in [0.15, 0.2) is 15.0 Å². The zero-order valence-electron chi connectivity index (χ0n) is 15.5. The summed E-state index contributed by atoms with van der Waals surface area (Å²) in [6.07, 6.45) is 1.16. The molecule has 2 aromatic carbocycles. The summed E-state index contributed by atoms with van der Waals surface area (Å²) in [6, 6.07) is 12.3. The molecule has 1 N–H and O–H groups in total. The lowest BCUT2D eigenvalue weighted by Crippen LogP contribution is -2.13. The van der Waals surface area contributed by atoms with E-state index < -0.39 is 9.84 Å². The Morgan fingerprint density at radius 3 is 2.50 bits per heavy atom. The van der Waals surface area contributed by atoms with Gasteiger partial charge in [-0.3, -0.25) is 15.1 Å². The second-order valence-corrected chi connectivity index (χ2v) is 9.75. The molecule has 2 heterocycles. The highest BCUT2D eigenvalue weighted by atomic mass is 32.2.